The van der Waals surface area contributed by atoms with E-state index in [2.05, 4.69) is 27.3 Å². The Kier molecular flexibility index (Phi) is 3.14. The largest absolute Gasteiger partial charge is 0.353 e. The molecule has 0 aliphatic carbocycles. The van der Waals surface area contributed by atoms with E-state index in [-0.39, 0.29) is 0 Å². The number of pyridine rings is 1. The van der Waals surface area contributed by atoms with Crippen LogP contribution in [0.5, 0.6) is 0 Å². The summed E-state index contributed by atoms with van der Waals surface area (Å²) in [5.41, 5.74) is 1.04. The summed E-state index contributed by atoms with van der Waals surface area (Å²) >= 11 is 0. The van der Waals surface area contributed by atoms with Crippen LogP contribution in [-0.4, -0.2) is 26.3 Å². The lowest BCUT2D eigenvalue weighted by Crippen LogP contribution is -2.01. The maximum atomic E-state index is 4.45. The minimum atomic E-state index is 0.677. The average Bonchev–Trinajstić information content (AvgIpc) is 2.74. The van der Waals surface area contributed by atoms with Gasteiger partial charge in [-0.25, -0.2) is 4.68 Å². The van der Waals surface area contributed by atoms with Crippen LogP contribution in [0.15, 0.2) is 24.5 Å². The van der Waals surface area contributed by atoms with E-state index in [0.717, 1.165) is 24.5 Å². The van der Waals surface area contributed by atoms with Gasteiger partial charge in [-0.3, -0.25) is 4.98 Å². The standard InChI is InChI=1S/C11H15N5/c1-3-13-11-14-10(16(4-2)15-11)9-5-7-12-8-6-9/h5-8H,3-4H2,1-2H3,(H,13,15). The van der Waals surface area contributed by atoms with Crippen molar-refractivity contribution in [1.29, 1.82) is 0 Å². The van der Waals surface area contributed by atoms with Crippen LogP contribution in [0, 0.1) is 0 Å². The second-order valence-corrected chi connectivity index (χ2v) is 3.34. The normalized spacial score (nSPS) is 10.4. The van der Waals surface area contributed by atoms with E-state index >= 15 is 0 Å². The van der Waals surface area contributed by atoms with Gasteiger partial charge in [-0.2, -0.15) is 4.98 Å². The third kappa shape index (κ3) is 2.03. The highest BCUT2D eigenvalue weighted by Crippen LogP contribution is 2.17. The molecule has 0 aliphatic heterocycles. The Bertz CT molecular complexity index is 449. The van der Waals surface area contributed by atoms with Crippen molar-refractivity contribution in [2.75, 3.05) is 11.9 Å². The van der Waals surface area contributed by atoms with Crippen molar-refractivity contribution in [3.63, 3.8) is 0 Å². The van der Waals surface area contributed by atoms with E-state index < -0.39 is 0 Å². The summed E-state index contributed by atoms with van der Waals surface area (Å²) < 4.78 is 1.88. The summed E-state index contributed by atoms with van der Waals surface area (Å²) in [5.74, 6) is 1.55. The molecule has 2 rings (SSSR count). The molecule has 0 fully saturated rings. The second kappa shape index (κ2) is 4.74. The van der Waals surface area contributed by atoms with Crippen LogP contribution in [0.1, 0.15) is 13.8 Å². The van der Waals surface area contributed by atoms with E-state index in [1.54, 1.807) is 12.4 Å². The van der Waals surface area contributed by atoms with Crippen LogP contribution in [0.4, 0.5) is 5.95 Å². The minimum absolute atomic E-state index is 0.677. The molecule has 0 aromatic carbocycles. The Labute approximate surface area is 94.5 Å². The topological polar surface area (TPSA) is 55.6 Å². The molecule has 2 aromatic rings. The maximum absolute atomic E-state index is 4.45. The Morgan fingerprint density at radius 3 is 2.62 bits per heavy atom. The number of hydrogen-bond donors (Lipinski definition) is 1. The molecule has 16 heavy (non-hydrogen) atoms. The predicted octanol–water partition coefficient (Wildman–Crippen LogP) is 1.79. The molecule has 5 heteroatoms. The van der Waals surface area contributed by atoms with Crippen molar-refractivity contribution in [1.82, 2.24) is 19.7 Å². The fraction of sp³-hybridized carbons (Fsp3) is 0.364. The molecule has 84 valence electrons. The Morgan fingerprint density at radius 1 is 1.25 bits per heavy atom. The number of aromatic nitrogens is 4. The van der Waals surface area contributed by atoms with Crippen molar-refractivity contribution >= 4 is 5.95 Å². The molecule has 0 saturated carbocycles. The van der Waals surface area contributed by atoms with Gasteiger partial charge in [0.1, 0.15) is 0 Å². The molecule has 0 aliphatic rings. The van der Waals surface area contributed by atoms with Gasteiger partial charge >= 0.3 is 0 Å². The monoisotopic (exact) mass is 217 g/mol. The van der Waals surface area contributed by atoms with Gasteiger partial charge in [0.05, 0.1) is 0 Å². The fourth-order valence-corrected chi connectivity index (χ4v) is 1.51. The third-order valence-corrected chi connectivity index (χ3v) is 2.24. The Morgan fingerprint density at radius 2 is 2.00 bits per heavy atom. The predicted molar refractivity (Wildman–Crippen MR) is 63.1 cm³/mol. The van der Waals surface area contributed by atoms with Crippen molar-refractivity contribution in [3.8, 4) is 11.4 Å². The van der Waals surface area contributed by atoms with E-state index in [1.807, 2.05) is 23.7 Å². The molecule has 2 heterocycles. The lowest BCUT2D eigenvalue weighted by atomic mass is 10.2. The maximum Gasteiger partial charge on any atom is 0.242 e. The molecule has 0 spiro atoms. The quantitative estimate of drug-likeness (QED) is 0.848. The number of rotatable bonds is 4. The van der Waals surface area contributed by atoms with E-state index in [0.29, 0.717) is 5.95 Å². The Balaban J connectivity index is 2.39. The summed E-state index contributed by atoms with van der Waals surface area (Å²) in [6, 6.07) is 3.87. The highest BCUT2D eigenvalue weighted by Gasteiger charge is 2.09. The number of hydrogen-bond acceptors (Lipinski definition) is 4. The zero-order valence-corrected chi connectivity index (χ0v) is 9.51. The molecular weight excluding hydrogens is 202 g/mol. The van der Waals surface area contributed by atoms with Crippen molar-refractivity contribution in [2.45, 2.75) is 20.4 Å². The van der Waals surface area contributed by atoms with Crippen LogP contribution < -0.4 is 5.32 Å². The zero-order chi connectivity index (χ0) is 11.4. The van der Waals surface area contributed by atoms with E-state index in [9.17, 15) is 0 Å². The van der Waals surface area contributed by atoms with Gasteiger partial charge in [-0.15, -0.1) is 5.10 Å². The molecule has 1 N–H and O–H groups in total. The summed E-state index contributed by atoms with van der Waals surface area (Å²) in [6.07, 6.45) is 3.52. The summed E-state index contributed by atoms with van der Waals surface area (Å²) in [6.45, 7) is 5.70. The second-order valence-electron chi connectivity index (χ2n) is 3.34. The van der Waals surface area contributed by atoms with E-state index in [1.165, 1.54) is 0 Å². The third-order valence-electron chi connectivity index (χ3n) is 2.24. The lowest BCUT2D eigenvalue weighted by Gasteiger charge is -2.00. The molecule has 0 saturated heterocycles. The first-order chi connectivity index (χ1) is 7.85. The number of anilines is 1. The molecule has 0 atom stereocenters. The molecule has 0 amide bonds. The molecule has 5 nitrogen and oxygen atoms in total. The first kappa shape index (κ1) is 10.6. The SMILES string of the molecule is CCNc1nc(-c2ccncc2)n(CC)n1. The van der Waals surface area contributed by atoms with Crippen LogP contribution in [0.3, 0.4) is 0 Å². The number of aryl methyl sites for hydroxylation is 1. The molecule has 0 radical (unpaired) electrons. The number of nitrogens with zero attached hydrogens (tertiary/aromatic N) is 4. The summed E-state index contributed by atoms with van der Waals surface area (Å²) in [5, 5.41) is 7.48. The van der Waals surface area contributed by atoms with Crippen LogP contribution >= 0.6 is 0 Å². The highest BCUT2D eigenvalue weighted by atomic mass is 15.4. The molecule has 2 aromatic heterocycles. The van der Waals surface area contributed by atoms with E-state index in [4.69, 9.17) is 0 Å². The average molecular weight is 217 g/mol. The van der Waals surface area contributed by atoms with Gasteiger partial charge in [-0.05, 0) is 26.0 Å². The highest BCUT2D eigenvalue weighted by molar-refractivity contribution is 5.55. The smallest absolute Gasteiger partial charge is 0.242 e. The van der Waals surface area contributed by atoms with Gasteiger partial charge in [-0.1, -0.05) is 0 Å². The van der Waals surface area contributed by atoms with Crippen LogP contribution in [0.25, 0.3) is 11.4 Å². The van der Waals surface area contributed by atoms with Crippen molar-refractivity contribution < 1.29 is 0 Å². The Hall–Kier alpha value is -1.91. The fourth-order valence-electron chi connectivity index (χ4n) is 1.51. The first-order valence-electron chi connectivity index (χ1n) is 5.44. The van der Waals surface area contributed by atoms with Crippen LogP contribution in [0.2, 0.25) is 0 Å². The van der Waals surface area contributed by atoms with Crippen molar-refractivity contribution in [2.24, 2.45) is 0 Å². The van der Waals surface area contributed by atoms with Crippen LogP contribution in [-0.2, 0) is 6.54 Å². The number of nitrogens with one attached hydrogen (secondary N) is 1. The lowest BCUT2D eigenvalue weighted by molar-refractivity contribution is 0.667. The van der Waals surface area contributed by atoms with Gasteiger partial charge in [0, 0.05) is 31.0 Å². The van der Waals surface area contributed by atoms with Gasteiger partial charge in [0.15, 0.2) is 5.82 Å². The first-order valence-corrected chi connectivity index (χ1v) is 5.44. The molecule has 0 unspecified atom stereocenters. The summed E-state index contributed by atoms with van der Waals surface area (Å²) in [4.78, 5) is 8.45. The molecular formula is C11H15N5. The molecule has 0 bridgehead atoms. The summed E-state index contributed by atoms with van der Waals surface area (Å²) in [7, 11) is 0. The minimum Gasteiger partial charge on any atom is -0.353 e. The van der Waals surface area contributed by atoms with Gasteiger partial charge in [0.25, 0.3) is 0 Å². The van der Waals surface area contributed by atoms with Gasteiger partial charge < -0.3 is 5.32 Å². The van der Waals surface area contributed by atoms with Gasteiger partial charge in [0.2, 0.25) is 5.95 Å². The zero-order valence-electron chi connectivity index (χ0n) is 9.51. The van der Waals surface area contributed by atoms with Crippen molar-refractivity contribution in [3.05, 3.63) is 24.5 Å².